The van der Waals surface area contributed by atoms with Gasteiger partial charge in [-0.1, -0.05) is 33.6 Å². The first-order chi connectivity index (χ1) is 10.0. The van der Waals surface area contributed by atoms with E-state index in [1.807, 2.05) is 0 Å². The number of carbonyl (C=O) groups is 1. The van der Waals surface area contributed by atoms with Crippen molar-refractivity contribution >= 4 is 5.91 Å². The van der Waals surface area contributed by atoms with Crippen molar-refractivity contribution in [1.82, 2.24) is 10.2 Å². The van der Waals surface area contributed by atoms with Crippen molar-refractivity contribution in [2.75, 3.05) is 13.2 Å². The second kappa shape index (κ2) is 7.59. The molecule has 122 valence electrons. The first kappa shape index (κ1) is 16.8. The molecule has 1 N–H and O–H groups in total. The zero-order valence-electron chi connectivity index (χ0n) is 14.1. The fourth-order valence-electron chi connectivity index (χ4n) is 3.49. The van der Waals surface area contributed by atoms with Crippen LogP contribution in [0.1, 0.15) is 59.8 Å². The molecule has 0 spiro atoms. The number of nitrogens with one attached hydrogen (secondary N) is 1. The second-order valence-electron chi connectivity index (χ2n) is 7.12. The lowest BCUT2D eigenvalue weighted by Crippen LogP contribution is -2.42. The van der Waals surface area contributed by atoms with Crippen molar-refractivity contribution in [3.63, 3.8) is 0 Å². The SMILES string of the molecule is CCCCC1NC(CC(C)C)N(CC2CCOC2C)C1=O. The molecule has 0 aromatic rings. The molecule has 2 fully saturated rings. The summed E-state index contributed by atoms with van der Waals surface area (Å²) >= 11 is 0. The van der Waals surface area contributed by atoms with Gasteiger partial charge in [-0.25, -0.2) is 0 Å². The Morgan fingerprint density at radius 2 is 2.19 bits per heavy atom. The van der Waals surface area contributed by atoms with Crippen LogP contribution in [0, 0.1) is 11.8 Å². The normalized spacial score (nSPS) is 33.4. The molecule has 0 aromatic heterocycles. The quantitative estimate of drug-likeness (QED) is 0.785. The standard InChI is InChI=1S/C17H32N2O2/c1-5-6-7-15-17(20)19(16(18-15)10-12(2)3)11-14-8-9-21-13(14)4/h12-16,18H,5-11H2,1-4H3. The molecule has 2 aliphatic heterocycles. The van der Waals surface area contributed by atoms with Gasteiger partial charge in [0.1, 0.15) is 0 Å². The molecule has 2 heterocycles. The molecule has 4 heteroatoms. The third-order valence-electron chi connectivity index (χ3n) is 4.86. The van der Waals surface area contributed by atoms with Crippen LogP contribution in [-0.4, -0.2) is 42.3 Å². The van der Waals surface area contributed by atoms with E-state index in [0.717, 1.165) is 45.3 Å². The predicted molar refractivity (Wildman–Crippen MR) is 84.9 cm³/mol. The third kappa shape index (κ3) is 4.19. The highest BCUT2D eigenvalue weighted by Crippen LogP contribution is 2.27. The molecule has 1 amide bonds. The van der Waals surface area contributed by atoms with Gasteiger partial charge in [-0.05, 0) is 32.1 Å². The molecule has 0 bridgehead atoms. The maximum atomic E-state index is 12.7. The minimum absolute atomic E-state index is 0.0336. The lowest BCUT2D eigenvalue weighted by Gasteiger charge is -2.29. The number of nitrogens with zero attached hydrogens (tertiary/aromatic N) is 1. The average molecular weight is 296 g/mol. The van der Waals surface area contributed by atoms with E-state index in [9.17, 15) is 4.79 Å². The van der Waals surface area contributed by atoms with Crippen molar-refractivity contribution in [2.45, 2.75) is 78.1 Å². The van der Waals surface area contributed by atoms with Gasteiger partial charge < -0.3 is 9.64 Å². The minimum Gasteiger partial charge on any atom is -0.378 e. The van der Waals surface area contributed by atoms with Crippen LogP contribution in [0.3, 0.4) is 0 Å². The van der Waals surface area contributed by atoms with E-state index < -0.39 is 0 Å². The van der Waals surface area contributed by atoms with E-state index in [4.69, 9.17) is 4.74 Å². The number of carbonyl (C=O) groups excluding carboxylic acids is 1. The molecule has 2 saturated heterocycles. The second-order valence-corrected chi connectivity index (χ2v) is 7.12. The molecule has 0 aromatic carbocycles. The van der Waals surface area contributed by atoms with Crippen LogP contribution in [0.15, 0.2) is 0 Å². The van der Waals surface area contributed by atoms with Crippen LogP contribution >= 0.6 is 0 Å². The highest BCUT2D eigenvalue weighted by Gasteiger charge is 2.40. The topological polar surface area (TPSA) is 41.6 Å². The van der Waals surface area contributed by atoms with Crippen LogP contribution in [-0.2, 0) is 9.53 Å². The van der Waals surface area contributed by atoms with Crippen LogP contribution in [0.5, 0.6) is 0 Å². The number of hydrogen-bond donors (Lipinski definition) is 1. The van der Waals surface area contributed by atoms with E-state index in [1.54, 1.807) is 0 Å². The Morgan fingerprint density at radius 3 is 2.76 bits per heavy atom. The maximum Gasteiger partial charge on any atom is 0.241 e. The summed E-state index contributed by atoms with van der Waals surface area (Å²) in [6.07, 6.45) is 5.86. The molecule has 4 unspecified atom stereocenters. The van der Waals surface area contributed by atoms with E-state index in [2.05, 4.69) is 37.9 Å². The summed E-state index contributed by atoms with van der Waals surface area (Å²) in [7, 11) is 0. The van der Waals surface area contributed by atoms with Gasteiger partial charge in [0.15, 0.2) is 0 Å². The fraction of sp³-hybridized carbons (Fsp3) is 0.941. The highest BCUT2D eigenvalue weighted by molar-refractivity contribution is 5.84. The Bertz CT molecular complexity index is 346. The van der Waals surface area contributed by atoms with Gasteiger partial charge in [0.2, 0.25) is 5.91 Å². The van der Waals surface area contributed by atoms with Gasteiger partial charge in [-0.3, -0.25) is 10.1 Å². The molecule has 2 rings (SSSR count). The molecule has 2 aliphatic rings. The number of rotatable bonds is 7. The molecular weight excluding hydrogens is 264 g/mol. The predicted octanol–water partition coefficient (Wildman–Crippen LogP) is 2.77. The van der Waals surface area contributed by atoms with Crippen molar-refractivity contribution in [2.24, 2.45) is 11.8 Å². The van der Waals surface area contributed by atoms with Crippen LogP contribution in [0.4, 0.5) is 0 Å². The van der Waals surface area contributed by atoms with E-state index >= 15 is 0 Å². The van der Waals surface area contributed by atoms with Crippen molar-refractivity contribution in [3.8, 4) is 0 Å². The molecule has 0 aliphatic carbocycles. The largest absolute Gasteiger partial charge is 0.378 e. The first-order valence-corrected chi connectivity index (χ1v) is 8.71. The fourth-order valence-corrected chi connectivity index (χ4v) is 3.49. The summed E-state index contributed by atoms with van der Waals surface area (Å²) in [4.78, 5) is 14.8. The van der Waals surface area contributed by atoms with Crippen molar-refractivity contribution < 1.29 is 9.53 Å². The summed E-state index contributed by atoms with van der Waals surface area (Å²) in [5, 5.41) is 3.58. The van der Waals surface area contributed by atoms with Gasteiger partial charge >= 0.3 is 0 Å². The van der Waals surface area contributed by atoms with E-state index in [1.165, 1.54) is 0 Å². The van der Waals surface area contributed by atoms with Crippen molar-refractivity contribution in [1.29, 1.82) is 0 Å². The highest BCUT2D eigenvalue weighted by atomic mass is 16.5. The molecule has 21 heavy (non-hydrogen) atoms. The zero-order valence-corrected chi connectivity index (χ0v) is 14.1. The summed E-state index contributed by atoms with van der Waals surface area (Å²) in [6, 6.07) is 0.0336. The van der Waals surface area contributed by atoms with Gasteiger partial charge in [0, 0.05) is 19.1 Å². The van der Waals surface area contributed by atoms with Gasteiger partial charge in [0.25, 0.3) is 0 Å². The molecule has 0 radical (unpaired) electrons. The zero-order chi connectivity index (χ0) is 15.4. The Balaban J connectivity index is 2.00. The van der Waals surface area contributed by atoms with Gasteiger partial charge in [-0.15, -0.1) is 0 Å². The summed E-state index contributed by atoms with van der Waals surface area (Å²) in [6.45, 7) is 10.5. The molecule has 0 saturated carbocycles. The monoisotopic (exact) mass is 296 g/mol. The van der Waals surface area contributed by atoms with Gasteiger partial charge in [-0.2, -0.15) is 0 Å². The Hall–Kier alpha value is -0.610. The van der Waals surface area contributed by atoms with Crippen LogP contribution in [0.2, 0.25) is 0 Å². The minimum atomic E-state index is 0.0336. The number of ether oxygens (including phenoxy) is 1. The Labute approximate surface area is 129 Å². The van der Waals surface area contributed by atoms with Crippen molar-refractivity contribution in [3.05, 3.63) is 0 Å². The third-order valence-corrected chi connectivity index (χ3v) is 4.86. The molecular formula is C17H32N2O2. The van der Waals surface area contributed by atoms with E-state index in [0.29, 0.717) is 17.7 Å². The first-order valence-electron chi connectivity index (χ1n) is 8.71. The maximum absolute atomic E-state index is 12.7. The number of hydrogen-bond acceptors (Lipinski definition) is 3. The number of unbranched alkanes of at least 4 members (excludes halogenated alkanes) is 1. The summed E-state index contributed by atoms with van der Waals surface area (Å²) in [5.74, 6) is 1.41. The lowest BCUT2D eigenvalue weighted by atomic mass is 10.0. The molecule has 4 nitrogen and oxygen atoms in total. The Kier molecular flexibility index (Phi) is 6.06. The van der Waals surface area contributed by atoms with Crippen LogP contribution in [0.25, 0.3) is 0 Å². The molecule has 4 atom stereocenters. The number of amides is 1. The van der Waals surface area contributed by atoms with Crippen LogP contribution < -0.4 is 5.32 Å². The summed E-state index contributed by atoms with van der Waals surface area (Å²) in [5.41, 5.74) is 0. The lowest BCUT2D eigenvalue weighted by molar-refractivity contribution is -0.131. The van der Waals surface area contributed by atoms with E-state index in [-0.39, 0.29) is 18.3 Å². The average Bonchev–Trinajstić information content (AvgIpc) is 2.95. The van der Waals surface area contributed by atoms with Gasteiger partial charge in [0.05, 0.1) is 18.3 Å². The Morgan fingerprint density at radius 1 is 1.43 bits per heavy atom. The summed E-state index contributed by atoms with van der Waals surface area (Å²) < 4.78 is 5.66. The smallest absolute Gasteiger partial charge is 0.241 e.